The van der Waals surface area contributed by atoms with E-state index < -0.39 is 4.92 Å². The first-order valence-corrected chi connectivity index (χ1v) is 8.54. The number of non-ortho nitro benzene ring substituents is 1. The molecule has 2 aromatic carbocycles. The van der Waals surface area contributed by atoms with Crippen molar-refractivity contribution in [2.75, 3.05) is 32.1 Å². The first kappa shape index (κ1) is 18.4. The summed E-state index contributed by atoms with van der Waals surface area (Å²) in [6, 6.07) is 12.3. The van der Waals surface area contributed by atoms with Gasteiger partial charge >= 0.3 is 0 Å². The lowest BCUT2D eigenvalue weighted by atomic mass is 10.2. The topological polar surface area (TPSA) is 76.9 Å². The Balaban J connectivity index is 1.55. The van der Waals surface area contributed by atoms with Crippen molar-refractivity contribution < 1.29 is 14.4 Å². The van der Waals surface area contributed by atoms with Crippen molar-refractivity contribution in [1.82, 2.24) is 5.32 Å². The molecule has 0 aliphatic carbocycles. The van der Waals surface area contributed by atoms with Crippen LogP contribution in [0.25, 0.3) is 0 Å². The third kappa shape index (κ3) is 4.24. The van der Waals surface area contributed by atoms with Crippen molar-refractivity contribution in [3.8, 4) is 5.75 Å². The number of nitro groups is 1. The lowest BCUT2D eigenvalue weighted by molar-refractivity contribution is -0.384. The fourth-order valence-corrected chi connectivity index (χ4v) is 2.90. The van der Waals surface area contributed by atoms with Gasteiger partial charge in [-0.3, -0.25) is 15.4 Å². The highest BCUT2D eigenvalue weighted by atomic mass is 35.5. The second-order valence-corrected chi connectivity index (χ2v) is 6.62. The molecule has 0 unspecified atom stereocenters. The van der Waals surface area contributed by atoms with Crippen LogP contribution in [0.15, 0.2) is 42.5 Å². The molecule has 26 heavy (non-hydrogen) atoms. The van der Waals surface area contributed by atoms with Crippen molar-refractivity contribution in [2.24, 2.45) is 0 Å². The second kappa shape index (κ2) is 7.90. The Morgan fingerprint density at radius 3 is 2.65 bits per heavy atom. The molecule has 3 rings (SSSR count). The van der Waals surface area contributed by atoms with Gasteiger partial charge in [0.25, 0.3) is 5.69 Å². The quantitative estimate of drug-likeness (QED) is 0.614. The summed E-state index contributed by atoms with van der Waals surface area (Å²) in [5.74, 6) is 0.402. The molecule has 1 aliphatic rings. The molecule has 138 valence electrons. The van der Waals surface area contributed by atoms with Gasteiger partial charge in [0.15, 0.2) is 0 Å². The van der Waals surface area contributed by atoms with Crippen LogP contribution in [0, 0.1) is 10.1 Å². The lowest BCUT2D eigenvalue weighted by Gasteiger charge is -2.16. The number of ether oxygens (including phenoxy) is 2. The molecule has 1 heterocycles. The van der Waals surface area contributed by atoms with Gasteiger partial charge in [-0.15, -0.1) is 0 Å². The first-order chi connectivity index (χ1) is 12.4. The SMILES string of the molecule is CN(C)c1ccc([C@H]2NC[C@H](COc3ccc([N+](=O)[O-])cc3Cl)O2)cc1. The van der Waals surface area contributed by atoms with Gasteiger partial charge in [-0.1, -0.05) is 23.7 Å². The van der Waals surface area contributed by atoms with E-state index in [4.69, 9.17) is 21.1 Å². The standard InChI is InChI=1S/C18H20ClN3O4/c1-21(2)13-5-3-12(4-6-13)18-20-10-15(26-18)11-25-17-8-7-14(22(23)24)9-16(17)19/h3-9,15,18,20H,10-11H2,1-2H3/t15-,18+/m1/s1. The predicted octanol–water partition coefficient (Wildman–Crippen LogP) is 3.38. The van der Waals surface area contributed by atoms with Gasteiger partial charge in [-0.25, -0.2) is 0 Å². The largest absolute Gasteiger partial charge is 0.489 e. The van der Waals surface area contributed by atoms with E-state index in [1.54, 1.807) is 0 Å². The first-order valence-electron chi connectivity index (χ1n) is 8.17. The van der Waals surface area contributed by atoms with Crippen LogP contribution in [0.3, 0.4) is 0 Å². The second-order valence-electron chi connectivity index (χ2n) is 6.22. The number of anilines is 1. The highest BCUT2D eigenvalue weighted by Gasteiger charge is 2.26. The van der Waals surface area contributed by atoms with Gasteiger partial charge < -0.3 is 14.4 Å². The molecular weight excluding hydrogens is 358 g/mol. The zero-order valence-corrected chi connectivity index (χ0v) is 15.3. The van der Waals surface area contributed by atoms with Crippen LogP contribution >= 0.6 is 11.6 Å². The van der Waals surface area contributed by atoms with E-state index in [-0.39, 0.29) is 23.0 Å². The van der Waals surface area contributed by atoms with Crippen LogP contribution in [-0.2, 0) is 4.74 Å². The summed E-state index contributed by atoms with van der Waals surface area (Å²) in [7, 11) is 3.99. The summed E-state index contributed by atoms with van der Waals surface area (Å²) in [6.07, 6.45) is -0.327. The van der Waals surface area contributed by atoms with Crippen molar-refractivity contribution in [3.05, 3.63) is 63.2 Å². The third-order valence-electron chi connectivity index (χ3n) is 4.12. The molecule has 1 N–H and O–H groups in total. The highest BCUT2D eigenvalue weighted by molar-refractivity contribution is 6.32. The van der Waals surface area contributed by atoms with Crippen LogP contribution < -0.4 is 15.0 Å². The summed E-state index contributed by atoms with van der Waals surface area (Å²) >= 11 is 6.03. The molecule has 0 saturated carbocycles. The van der Waals surface area contributed by atoms with Gasteiger partial charge in [-0.05, 0) is 23.8 Å². The monoisotopic (exact) mass is 377 g/mol. The van der Waals surface area contributed by atoms with E-state index in [1.807, 2.05) is 43.3 Å². The van der Waals surface area contributed by atoms with Gasteiger partial charge in [0, 0.05) is 38.5 Å². The number of hydrogen-bond donors (Lipinski definition) is 1. The lowest BCUT2D eigenvalue weighted by Crippen LogP contribution is -2.22. The van der Waals surface area contributed by atoms with Crippen molar-refractivity contribution in [3.63, 3.8) is 0 Å². The van der Waals surface area contributed by atoms with E-state index >= 15 is 0 Å². The highest BCUT2D eigenvalue weighted by Crippen LogP contribution is 2.30. The number of nitrogens with one attached hydrogen (secondary N) is 1. The van der Waals surface area contributed by atoms with Crippen LogP contribution in [0.2, 0.25) is 5.02 Å². The molecule has 0 radical (unpaired) electrons. The molecule has 1 aliphatic heterocycles. The number of nitrogens with zero attached hydrogens (tertiary/aromatic N) is 2. The zero-order chi connectivity index (χ0) is 18.7. The maximum atomic E-state index is 10.7. The Morgan fingerprint density at radius 1 is 1.31 bits per heavy atom. The molecule has 7 nitrogen and oxygen atoms in total. The van der Waals surface area contributed by atoms with Crippen molar-refractivity contribution >= 4 is 23.0 Å². The Labute approximate surface area is 156 Å². The molecular formula is C18H20ClN3O4. The fraction of sp³-hybridized carbons (Fsp3) is 0.333. The summed E-state index contributed by atoms with van der Waals surface area (Å²) in [5, 5.41) is 14.3. The Bertz CT molecular complexity index is 783. The van der Waals surface area contributed by atoms with E-state index in [1.165, 1.54) is 18.2 Å². The number of nitro benzene ring substituents is 1. The summed E-state index contributed by atoms with van der Waals surface area (Å²) < 4.78 is 11.6. The Kier molecular flexibility index (Phi) is 5.61. The average Bonchev–Trinajstić information content (AvgIpc) is 3.09. The molecule has 0 amide bonds. The molecule has 1 fully saturated rings. The van der Waals surface area contributed by atoms with Crippen LogP contribution in [0.5, 0.6) is 5.75 Å². The molecule has 1 saturated heterocycles. The minimum atomic E-state index is -0.494. The van der Waals surface area contributed by atoms with Gasteiger partial charge in [-0.2, -0.15) is 0 Å². The van der Waals surface area contributed by atoms with Crippen molar-refractivity contribution in [2.45, 2.75) is 12.3 Å². The number of hydrogen-bond acceptors (Lipinski definition) is 6. The third-order valence-corrected chi connectivity index (χ3v) is 4.42. The average molecular weight is 378 g/mol. The van der Waals surface area contributed by atoms with Crippen LogP contribution in [0.4, 0.5) is 11.4 Å². The van der Waals surface area contributed by atoms with Gasteiger partial charge in [0.2, 0.25) is 0 Å². The smallest absolute Gasteiger partial charge is 0.271 e. The van der Waals surface area contributed by atoms with Gasteiger partial charge in [0.05, 0.1) is 9.95 Å². The number of rotatable bonds is 6. The minimum absolute atomic E-state index is 0.0673. The number of benzene rings is 2. The Hall–Kier alpha value is -2.35. The number of halogens is 1. The van der Waals surface area contributed by atoms with E-state index in [0.717, 1.165) is 11.3 Å². The molecule has 0 spiro atoms. The zero-order valence-electron chi connectivity index (χ0n) is 14.5. The van der Waals surface area contributed by atoms with Crippen molar-refractivity contribution in [1.29, 1.82) is 0 Å². The fourth-order valence-electron chi connectivity index (χ4n) is 2.67. The molecule has 8 heteroatoms. The Morgan fingerprint density at radius 2 is 2.04 bits per heavy atom. The maximum Gasteiger partial charge on any atom is 0.271 e. The van der Waals surface area contributed by atoms with E-state index in [9.17, 15) is 10.1 Å². The summed E-state index contributed by atoms with van der Waals surface area (Å²) in [6.45, 7) is 0.946. The van der Waals surface area contributed by atoms with E-state index in [0.29, 0.717) is 18.9 Å². The maximum absolute atomic E-state index is 10.7. The van der Waals surface area contributed by atoms with E-state index in [2.05, 4.69) is 5.32 Å². The van der Waals surface area contributed by atoms with Gasteiger partial charge in [0.1, 0.15) is 24.7 Å². The summed E-state index contributed by atoms with van der Waals surface area (Å²) in [5.41, 5.74) is 2.10. The van der Waals surface area contributed by atoms with Crippen LogP contribution in [-0.4, -0.2) is 38.3 Å². The molecule has 2 atom stereocenters. The minimum Gasteiger partial charge on any atom is -0.489 e. The molecule has 0 aromatic heterocycles. The summed E-state index contributed by atoms with van der Waals surface area (Å²) in [4.78, 5) is 12.3. The van der Waals surface area contributed by atoms with Crippen LogP contribution in [0.1, 0.15) is 11.8 Å². The normalized spacial score (nSPS) is 19.3. The molecule has 2 aromatic rings. The predicted molar refractivity (Wildman–Crippen MR) is 100.0 cm³/mol. The molecule has 0 bridgehead atoms.